The lowest BCUT2D eigenvalue weighted by Crippen LogP contribution is -2.33. The van der Waals surface area contributed by atoms with Gasteiger partial charge in [-0.05, 0) is 66.1 Å². The molecule has 0 spiro atoms. The zero-order valence-corrected chi connectivity index (χ0v) is 19.5. The second-order valence-electron chi connectivity index (χ2n) is 8.40. The molecule has 2 nitrogen and oxygen atoms in total. The van der Waals surface area contributed by atoms with Gasteiger partial charge in [-0.15, -0.1) is 0 Å². The molecule has 0 saturated heterocycles. The van der Waals surface area contributed by atoms with Crippen LogP contribution in [-0.4, -0.2) is 17.4 Å². The molecule has 3 aromatic rings. The van der Waals surface area contributed by atoms with Gasteiger partial charge in [0.25, 0.3) is 5.91 Å². The van der Waals surface area contributed by atoms with Crippen molar-refractivity contribution in [3.05, 3.63) is 104 Å². The van der Waals surface area contributed by atoms with Crippen molar-refractivity contribution >= 4 is 29.1 Å². The molecule has 1 aliphatic rings. The van der Waals surface area contributed by atoms with Crippen LogP contribution in [0.1, 0.15) is 51.4 Å². The zero-order valence-electron chi connectivity index (χ0n) is 18.0. The number of benzene rings is 3. The van der Waals surface area contributed by atoms with Gasteiger partial charge in [-0.2, -0.15) is 13.2 Å². The van der Waals surface area contributed by atoms with Crippen molar-refractivity contribution in [2.45, 2.75) is 37.9 Å². The largest absolute Gasteiger partial charge is 0.416 e. The van der Waals surface area contributed by atoms with E-state index in [1.165, 1.54) is 23.1 Å². The minimum atomic E-state index is -4.47. The van der Waals surface area contributed by atoms with E-state index >= 15 is 0 Å². The fourth-order valence-corrected chi connectivity index (χ4v) is 4.34. The van der Waals surface area contributed by atoms with Crippen LogP contribution in [0, 0.1) is 5.82 Å². The van der Waals surface area contributed by atoms with Crippen LogP contribution in [-0.2, 0) is 19.1 Å². The first-order valence-corrected chi connectivity index (χ1v) is 11.6. The summed E-state index contributed by atoms with van der Waals surface area (Å²) in [5.74, 6) is -0.920. The van der Waals surface area contributed by atoms with Gasteiger partial charge in [0.15, 0.2) is 0 Å². The molecule has 1 saturated carbocycles. The van der Waals surface area contributed by atoms with E-state index in [1.807, 2.05) is 18.2 Å². The molecule has 0 N–H and O–H groups in total. The first-order valence-electron chi connectivity index (χ1n) is 10.8. The van der Waals surface area contributed by atoms with Crippen LogP contribution in [0.3, 0.4) is 0 Å². The molecule has 0 aromatic heterocycles. The lowest BCUT2D eigenvalue weighted by Gasteiger charge is -2.24. The number of amides is 1. The molecule has 34 heavy (non-hydrogen) atoms. The van der Waals surface area contributed by atoms with Crippen LogP contribution < -0.4 is 0 Å². The molecule has 1 fully saturated rings. The number of nitrogens with zero attached hydrogens (tertiary/aromatic N) is 1. The Bertz CT molecular complexity index is 1190. The summed E-state index contributed by atoms with van der Waals surface area (Å²) in [7, 11) is 0. The third kappa shape index (κ3) is 5.73. The lowest BCUT2D eigenvalue weighted by atomic mass is 10.1. The topological polar surface area (TPSA) is 20.3 Å². The Balaban J connectivity index is 1.61. The van der Waals surface area contributed by atoms with E-state index in [0.717, 1.165) is 36.6 Å². The van der Waals surface area contributed by atoms with Crippen molar-refractivity contribution in [2.75, 3.05) is 6.54 Å². The Morgan fingerprint density at radius 1 is 0.971 bits per heavy atom. The van der Waals surface area contributed by atoms with Crippen molar-refractivity contribution in [2.24, 2.45) is 0 Å². The molecular formula is C26H21Cl2F4NO. The zero-order chi connectivity index (χ0) is 24.5. The van der Waals surface area contributed by atoms with Crippen molar-refractivity contribution in [1.82, 2.24) is 4.90 Å². The lowest BCUT2D eigenvalue weighted by molar-refractivity contribution is -0.137. The predicted molar refractivity (Wildman–Crippen MR) is 125 cm³/mol. The molecule has 3 aromatic carbocycles. The van der Waals surface area contributed by atoms with Crippen molar-refractivity contribution in [3.63, 3.8) is 0 Å². The summed E-state index contributed by atoms with van der Waals surface area (Å²) in [4.78, 5) is 14.7. The van der Waals surface area contributed by atoms with E-state index < -0.39 is 23.5 Å². The highest BCUT2D eigenvalue weighted by Gasteiger charge is 2.30. The first kappa shape index (κ1) is 24.6. The Hall–Kier alpha value is -2.57. The van der Waals surface area contributed by atoms with Crippen molar-refractivity contribution < 1.29 is 22.4 Å². The van der Waals surface area contributed by atoms with Crippen LogP contribution in [0.25, 0.3) is 0 Å². The minimum Gasteiger partial charge on any atom is -0.334 e. The fraction of sp³-hybridized carbons (Fsp3) is 0.269. The van der Waals surface area contributed by atoms with Gasteiger partial charge in [0, 0.05) is 18.1 Å². The smallest absolute Gasteiger partial charge is 0.334 e. The van der Waals surface area contributed by atoms with E-state index in [0.29, 0.717) is 22.1 Å². The number of hydrogen-bond acceptors (Lipinski definition) is 1. The number of carbonyl (C=O) groups excluding carboxylic acids is 1. The summed E-state index contributed by atoms with van der Waals surface area (Å²) in [5, 5.41) is 0.449. The van der Waals surface area contributed by atoms with Crippen LogP contribution in [0.15, 0.2) is 60.7 Å². The number of carbonyl (C=O) groups is 1. The monoisotopic (exact) mass is 509 g/mol. The minimum absolute atomic E-state index is 0.0377. The molecular weight excluding hydrogens is 489 g/mol. The van der Waals surface area contributed by atoms with Crippen LogP contribution in [0.2, 0.25) is 10.0 Å². The van der Waals surface area contributed by atoms with E-state index in [-0.39, 0.29) is 30.1 Å². The Morgan fingerprint density at radius 3 is 2.35 bits per heavy atom. The number of hydrogen-bond donors (Lipinski definition) is 0. The number of rotatable bonds is 7. The van der Waals surface area contributed by atoms with Gasteiger partial charge in [0.1, 0.15) is 5.82 Å². The van der Waals surface area contributed by atoms with Gasteiger partial charge in [0.2, 0.25) is 0 Å². The summed E-state index contributed by atoms with van der Waals surface area (Å²) < 4.78 is 53.8. The van der Waals surface area contributed by atoms with E-state index in [9.17, 15) is 22.4 Å². The molecule has 0 radical (unpaired) electrons. The van der Waals surface area contributed by atoms with Crippen LogP contribution >= 0.6 is 23.2 Å². The molecule has 1 amide bonds. The second kappa shape index (κ2) is 9.96. The Kier molecular flexibility index (Phi) is 7.20. The summed E-state index contributed by atoms with van der Waals surface area (Å²) in [6.45, 7) is 0.109. The van der Waals surface area contributed by atoms with Crippen molar-refractivity contribution in [3.8, 4) is 0 Å². The van der Waals surface area contributed by atoms with Crippen molar-refractivity contribution in [1.29, 1.82) is 0 Å². The van der Waals surface area contributed by atoms with Gasteiger partial charge in [-0.1, -0.05) is 59.6 Å². The maximum absolute atomic E-state index is 14.5. The van der Waals surface area contributed by atoms with Gasteiger partial charge in [0.05, 0.1) is 16.1 Å². The summed E-state index contributed by atoms with van der Waals surface area (Å²) in [5.41, 5.74) is 1.16. The van der Waals surface area contributed by atoms with Gasteiger partial charge in [-0.3, -0.25) is 4.79 Å². The third-order valence-electron chi connectivity index (χ3n) is 5.88. The van der Waals surface area contributed by atoms with Crippen LogP contribution in [0.5, 0.6) is 0 Å². The third-order valence-corrected chi connectivity index (χ3v) is 6.54. The molecule has 0 unspecified atom stereocenters. The van der Waals surface area contributed by atoms with Gasteiger partial charge in [-0.25, -0.2) is 4.39 Å². The molecule has 0 heterocycles. The molecule has 0 atom stereocenters. The van der Waals surface area contributed by atoms with Crippen LogP contribution in [0.4, 0.5) is 17.6 Å². The Morgan fingerprint density at radius 2 is 1.71 bits per heavy atom. The summed E-state index contributed by atoms with van der Waals surface area (Å²) in [6, 6.07) is 14.6. The molecule has 178 valence electrons. The molecule has 0 bridgehead atoms. The highest BCUT2D eigenvalue weighted by atomic mass is 35.5. The maximum atomic E-state index is 14.5. The Labute approximate surface area is 205 Å². The SMILES string of the molecule is O=C(c1c(F)cccc1Cl)N(CCc1cccc(C(F)(F)F)c1)Cc1ccc(C2CC2)cc1Cl. The van der Waals surface area contributed by atoms with E-state index in [4.69, 9.17) is 23.2 Å². The highest BCUT2D eigenvalue weighted by Crippen LogP contribution is 2.41. The molecule has 8 heteroatoms. The summed E-state index contributed by atoms with van der Waals surface area (Å²) >= 11 is 12.6. The number of alkyl halides is 3. The van der Waals surface area contributed by atoms with E-state index in [2.05, 4.69) is 0 Å². The second-order valence-corrected chi connectivity index (χ2v) is 9.21. The summed E-state index contributed by atoms with van der Waals surface area (Å²) in [6.07, 6.45) is -2.10. The van der Waals surface area contributed by atoms with Gasteiger partial charge >= 0.3 is 6.18 Å². The number of halogens is 6. The average molecular weight is 510 g/mol. The quantitative estimate of drug-likeness (QED) is 0.296. The predicted octanol–water partition coefficient (Wildman–Crippen LogP) is 7.91. The first-order chi connectivity index (χ1) is 16.1. The average Bonchev–Trinajstić information content (AvgIpc) is 3.62. The molecule has 1 aliphatic carbocycles. The normalized spacial score (nSPS) is 13.7. The van der Waals surface area contributed by atoms with Gasteiger partial charge < -0.3 is 4.90 Å². The standard InChI is InChI=1S/C26H21Cl2F4NO/c27-21-5-2-6-23(29)24(21)25(34)33(12-11-16-3-1-4-20(13-16)26(30,31)32)15-19-10-9-18(14-22(19)28)17-7-8-17/h1-6,9-10,13-14,17H,7-8,11-12,15H2. The highest BCUT2D eigenvalue weighted by molar-refractivity contribution is 6.34. The maximum Gasteiger partial charge on any atom is 0.416 e. The molecule has 0 aliphatic heterocycles. The fourth-order valence-electron chi connectivity index (χ4n) is 3.85. The molecule has 4 rings (SSSR count). The van der Waals surface area contributed by atoms with E-state index in [1.54, 1.807) is 6.07 Å².